The third-order valence-corrected chi connectivity index (χ3v) is 2.81. The van der Waals surface area contributed by atoms with Crippen molar-refractivity contribution in [2.45, 2.75) is 26.4 Å². The molecular weight excluding hydrogens is 269 g/mol. The summed E-state index contributed by atoms with van der Waals surface area (Å²) in [5.74, 6) is 0.274. The summed E-state index contributed by atoms with van der Waals surface area (Å²) in [7, 11) is 0. The highest BCUT2D eigenvalue weighted by Crippen LogP contribution is 2.37. The molecule has 0 saturated carbocycles. The number of hydrogen-bond donors (Lipinski definition) is 0. The van der Waals surface area contributed by atoms with Gasteiger partial charge in [-0.1, -0.05) is 26.0 Å². The minimum absolute atomic E-state index is 0.187. The number of benzene rings is 1. The molecular formula is C14H14F3N2O. The number of anilines is 1. The van der Waals surface area contributed by atoms with Gasteiger partial charge in [-0.15, -0.1) is 0 Å². The number of nitrogens with zero attached hydrogens (tertiary/aromatic N) is 2. The second-order valence-electron chi connectivity index (χ2n) is 5.00. The number of amides is 2. The largest absolute Gasteiger partial charge is 0.418 e. The zero-order valence-electron chi connectivity index (χ0n) is 11.1. The first-order valence-electron chi connectivity index (χ1n) is 6.21. The number of alkyl halides is 3. The third-order valence-electron chi connectivity index (χ3n) is 2.81. The summed E-state index contributed by atoms with van der Waals surface area (Å²) < 4.78 is 38.8. The molecule has 1 aromatic carbocycles. The van der Waals surface area contributed by atoms with Crippen LogP contribution in [0.4, 0.5) is 23.7 Å². The smallest absolute Gasteiger partial charge is 0.266 e. The number of hydrogen-bond acceptors (Lipinski definition) is 1. The maximum atomic E-state index is 12.9. The van der Waals surface area contributed by atoms with Crippen molar-refractivity contribution in [3.8, 4) is 0 Å². The van der Waals surface area contributed by atoms with Gasteiger partial charge in [0.15, 0.2) is 0 Å². The fourth-order valence-electron chi connectivity index (χ4n) is 2.02. The van der Waals surface area contributed by atoms with Crippen LogP contribution in [0.3, 0.4) is 0 Å². The highest BCUT2D eigenvalue weighted by atomic mass is 19.4. The zero-order valence-corrected chi connectivity index (χ0v) is 11.1. The number of carbonyl (C=O) groups is 1. The third kappa shape index (κ3) is 2.95. The summed E-state index contributed by atoms with van der Waals surface area (Å²) in [5, 5.41) is 3.79. The monoisotopic (exact) mass is 283 g/mol. The van der Waals surface area contributed by atoms with E-state index in [0.717, 1.165) is 11.0 Å². The van der Waals surface area contributed by atoms with E-state index in [1.54, 1.807) is 0 Å². The van der Waals surface area contributed by atoms with Crippen molar-refractivity contribution in [1.29, 1.82) is 0 Å². The lowest BCUT2D eigenvalue weighted by Gasteiger charge is -2.18. The Balaban J connectivity index is 2.37. The predicted molar refractivity (Wildman–Crippen MR) is 69.0 cm³/mol. The van der Waals surface area contributed by atoms with Crippen LogP contribution in [0.5, 0.6) is 0 Å². The van der Waals surface area contributed by atoms with Gasteiger partial charge < -0.3 is 0 Å². The molecule has 1 aromatic rings. The average Bonchev–Trinajstić information content (AvgIpc) is 2.68. The number of carbonyl (C=O) groups excluding carboxylic acids is 1. The Bertz CT molecular complexity index is 550. The Morgan fingerprint density at radius 1 is 1.25 bits per heavy atom. The van der Waals surface area contributed by atoms with Crippen molar-refractivity contribution >= 4 is 11.7 Å². The maximum absolute atomic E-state index is 12.9. The zero-order chi connectivity index (χ0) is 14.9. The van der Waals surface area contributed by atoms with Crippen LogP contribution in [0.15, 0.2) is 36.2 Å². The summed E-state index contributed by atoms with van der Waals surface area (Å²) in [6, 6.07) is 4.30. The van der Waals surface area contributed by atoms with Gasteiger partial charge in [0.2, 0.25) is 0 Å². The highest BCUT2D eigenvalue weighted by Gasteiger charge is 2.37. The molecule has 2 rings (SSSR count). The molecule has 0 bridgehead atoms. The standard InChI is InChI=1S/C14H14F3N2O/c1-9(2)7-10-8-19(13(20)18-10)12-6-4-3-5-11(12)14(15,16)17/h3-6,8-9H,7H2,1-2H3. The van der Waals surface area contributed by atoms with Gasteiger partial charge in [0.1, 0.15) is 0 Å². The summed E-state index contributed by atoms with van der Waals surface area (Å²) in [6.07, 6.45) is -2.57. The lowest BCUT2D eigenvalue weighted by molar-refractivity contribution is -0.137. The number of urea groups is 1. The average molecular weight is 283 g/mol. The fraction of sp³-hybridized carbons (Fsp3) is 0.357. The normalized spacial score (nSPS) is 15.6. The van der Waals surface area contributed by atoms with E-state index < -0.39 is 17.8 Å². The molecule has 0 saturated heterocycles. The lowest BCUT2D eigenvalue weighted by Crippen LogP contribution is -2.26. The molecule has 0 aliphatic carbocycles. The van der Waals surface area contributed by atoms with Gasteiger partial charge in [-0.2, -0.15) is 18.5 Å². The topological polar surface area (TPSA) is 34.4 Å². The van der Waals surface area contributed by atoms with Gasteiger partial charge in [-0.3, -0.25) is 4.90 Å². The van der Waals surface area contributed by atoms with Crippen molar-refractivity contribution in [2.75, 3.05) is 4.90 Å². The van der Waals surface area contributed by atoms with Crippen LogP contribution in [0, 0.1) is 5.92 Å². The first kappa shape index (κ1) is 14.4. The molecule has 0 aromatic heterocycles. The second-order valence-corrected chi connectivity index (χ2v) is 5.00. The molecule has 0 N–H and O–H groups in total. The van der Waals surface area contributed by atoms with Crippen LogP contribution in [-0.4, -0.2) is 6.03 Å². The SMILES string of the molecule is CC(C)CC1=CN(c2ccccc2C(F)(F)F)C(=O)[N]1. The van der Waals surface area contributed by atoms with E-state index in [4.69, 9.17) is 0 Å². The Morgan fingerprint density at radius 3 is 2.50 bits per heavy atom. The molecule has 6 heteroatoms. The van der Waals surface area contributed by atoms with Crippen LogP contribution >= 0.6 is 0 Å². The summed E-state index contributed by atoms with van der Waals surface area (Å²) in [4.78, 5) is 12.7. The highest BCUT2D eigenvalue weighted by molar-refractivity contribution is 5.98. The Kier molecular flexibility index (Phi) is 3.74. The first-order chi connectivity index (χ1) is 9.29. The number of rotatable bonds is 3. The second kappa shape index (κ2) is 5.19. The Labute approximate surface area is 115 Å². The fourth-order valence-corrected chi connectivity index (χ4v) is 2.02. The van der Waals surface area contributed by atoms with Crippen LogP contribution in [0.2, 0.25) is 0 Å². The summed E-state index contributed by atoms with van der Waals surface area (Å²) in [5.41, 5.74) is -0.528. The molecule has 3 nitrogen and oxygen atoms in total. The number of para-hydroxylation sites is 1. The van der Waals surface area contributed by atoms with Crippen LogP contribution in [0.25, 0.3) is 0 Å². The van der Waals surface area contributed by atoms with E-state index in [-0.39, 0.29) is 11.6 Å². The molecule has 1 aliphatic rings. The predicted octanol–water partition coefficient (Wildman–Crippen LogP) is 4.14. The quantitative estimate of drug-likeness (QED) is 0.821. The van der Waals surface area contributed by atoms with Crippen LogP contribution in [0.1, 0.15) is 25.8 Å². The Hall–Kier alpha value is -1.98. The van der Waals surface area contributed by atoms with Gasteiger partial charge in [0.25, 0.3) is 0 Å². The van der Waals surface area contributed by atoms with Gasteiger partial charge in [0, 0.05) is 6.20 Å². The van der Waals surface area contributed by atoms with Crippen molar-refractivity contribution in [3.05, 3.63) is 41.7 Å². The molecule has 1 aliphatic heterocycles. The minimum Gasteiger partial charge on any atom is -0.266 e. The molecule has 1 heterocycles. The molecule has 0 atom stereocenters. The molecule has 20 heavy (non-hydrogen) atoms. The van der Waals surface area contributed by atoms with E-state index in [1.807, 2.05) is 13.8 Å². The van der Waals surface area contributed by atoms with Crippen molar-refractivity contribution in [1.82, 2.24) is 5.32 Å². The van der Waals surface area contributed by atoms with E-state index in [0.29, 0.717) is 12.1 Å². The first-order valence-corrected chi connectivity index (χ1v) is 6.21. The van der Waals surface area contributed by atoms with Crippen molar-refractivity contribution in [2.24, 2.45) is 5.92 Å². The van der Waals surface area contributed by atoms with Crippen LogP contribution < -0.4 is 10.2 Å². The molecule has 0 fully saturated rings. The van der Waals surface area contributed by atoms with E-state index in [2.05, 4.69) is 5.32 Å². The van der Waals surface area contributed by atoms with Crippen molar-refractivity contribution in [3.63, 3.8) is 0 Å². The lowest BCUT2D eigenvalue weighted by atomic mass is 10.1. The number of allylic oxidation sites excluding steroid dienone is 1. The van der Waals surface area contributed by atoms with Gasteiger partial charge in [-0.25, -0.2) is 4.79 Å². The molecule has 2 amide bonds. The van der Waals surface area contributed by atoms with Gasteiger partial charge in [0.05, 0.1) is 16.9 Å². The summed E-state index contributed by atoms with van der Waals surface area (Å²) in [6.45, 7) is 3.90. The number of halogens is 3. The minimum atomic E-state index is -4.51. The van der Waals surface area contributed by atoms with E-state index >= 15 is 0 Å². The molecule has 107 valence electrons. The van der Waals surface area contributed by atoms with Gasteiger partial charge in [-0.05, 0) is 24.5 Å². The molecule has 0 unspecified atom stereocenters. The Morgan fingerprint density at radius 2 is 1.90 bits per heavy atom. The van der Waals surface area contributed by atoms with Crippen LogP contribution in [-0.2, 0) is 6.18 Å². The van der Waals surface area contributed by atoms with Gasteiger partial charge >= 0.3 is 12.2 Å². The van der Waals surface area contributed by atoms with Crippen molar-refractivity contribution < 1.29 is 18.0 Å². The van der Waals surface area contributed by atoms with E-state index in [9.17, 15) is 18.0 Å². The summed E-state index contributed by atoms with van der Waals surface area (Å²) >= 11 is 0. The molecule has 0 spiro atoms. The van der Waals surface area contributed by atoms with E-state index in [1.165, 1.54) is 24.4 Å². The maximum Gasteiger partial charge on any atom is 0.418 e. The molecule has 1 radical (unpaired) electrons.